The smallest absolute Gasteiger partial charge is 0.187 e. The summed E-state index contributed by atoms with van der Waals surface area (Å²) in [6.07, 6.45) is -54.0. The lowest BCUT2D eigenvalue weighted by Gasteiger charge is -2.48. The van der Waals surface area contributed by atoms with Crippen LogP contribution in [0.25, 0.3) is 0 Å². The molecule has 0 aliphatic carbocycles. The molecule has 30 fully saturated rings. The summed E-state index contributed by atoms with van der Waals surface area (Å²) in [6, 6.07) is 0. The quantitative estimate of drug-likeness (QED) is 0.107. The molecule has 30 heterocycles. The van der Waals surface area contributed by atoms with Crippen LogP contribution < -0.4 is 0 Å². The first-order valence-corrected chi connectivity index (χ1v) is 27.5. The molecule has 0 radical (unpaired) electrons. The van der Waals surface area contributed by atoms with Gasteiger partial charge in [0.15, 0.2) is 50.3 Å². The molecular formula is C48H80O34. The minimum Gasteiger partial charge on any atom is -0.394 e. The van der Waals surface area contributed by atoms with Gasteiger partial charge in [-0.05, 0) is 0 Å². The van der Waals surface area contributed by atoms with Crippen LogP contribution in [0.4, 0.5) is 0 Å². The molecule has 16 bridgehead atoms. The highest BCUT2D eigenvalue weighted by Gasteiger charge is 2.55. The Hall–Kier alpha value is -1.36. The third-order valence-corrected chi connectivity index (χ3v) is 16.2. The van der Waals surface area contributed by atoms with Gasteiger partial charge < -0.3 is 168 Å². The zero-order valence-electron chi connectivity index (χ0n) is 44.1. The fourth-order valence-electron chi connectivity index (χ4n) is 11.7. The normalized spacial score (nSPS) is 53.0. The molecule has 34 atom stereocenters. The average Bonchev–Trinajstić information content (AvgIpc) is 3.52. The van der Waals surface area contributed by atoms with Crippen LogP contribution >= 0.6 is 0 Å². The van der Waals surface area contributed by atoms with Crippen LogP contribution in [0.5, 0.6) is 0 Å². The third-order valence-electron chi connectivity index (χ3n) is 16.2. The second kappa shape index (κ2) is 28.9. The van der Waals surface area contributed by atoms with Crippen molar-refractivity contribution < 1.29 is 168 Å². The highest BCUT2D eigenvalue weighted by molar-refractivity contribution is 4.97. The zero-order valence-corrected chi connectivity index (χ0v) is 44.1. The predicted octanol–water partition coefficient (Wildman–Crippen LogP) is -11.2. The van der Waals surface area contributed by atoms with Crippen molar-refractivity contribution >= 4 is 0 Å². The molecule has 18 N–H and O–H groups in total. The molecule has 0 spiro atoms. The number of rotatable bonds is 8. The zero-order chi connectivity index (χ0) is 58.8. The van der Waals surface area contributed by atoms with Crippen LogP contribution in [-0.2, 0) is 75.8 Å². The van der Waals surface area contributed by atoms with Crippen LogP contribution in [0.15, 0.2) is 0 Å². The molecule has 34 heteroatoms. The predicted molar refractivity (Wildman–Crippen MR) is 253 cm³/mol. The molecule has 0 amide bonds. The number of aliphatic hydroxyl groups is 18. The molecule has 30 saturated heterocycles. The maximum absolute atomic E-state index is 11.4. The van der Waals surface area contributed by atoms with Crippen LogP contribution in [0.3, 0.4) is 0 Å². The van der Waals surface area contributed by atoms with Crippen molar-refractivity contribution in [2.75, 3.05) is 52.9 Å². The van der Waals surface area contributed by atoms with Gasteiger partial charge in [0, 0.05) is 38.5 Å². The van der Waals surface area contributed by atoms with Crippen molar-refractivity contribution in [3.8, 4) is 0 Å². The fourth-order valence-corrected chi connectivity index (χ4v) is 11.7. The van der Waals surface area contributed by atoms with E-state index in [0.717, 1.165) is 0 Å². The van der Waals surface area contributed by atoms with Crippen molar-refractivity contribution in [3.63, 3.8) is 0 Å². The van der Waals surface area contributed by atoms with E-state index in [2.05, 4.69) is 0 Å². The molecule has 30 rings (SSSR count). The van der Waals surface area contributed by atoms with E-state index in [9.17, 15) is 91.9 Å². The lowest BCUT2D eigenvalue weighted by atomic mass is 9.97. The Bertz CT molecular complexity index is 1800. The Morgan fingerprint density at radius 1 is 0.195 bits per heavy atom. The van der Waals surface area contributed by atoms with Crippen LogP contribution in [0, 0.1) is 0 Å². The summed E-state index contributed by atoms with van der Waals surface area (Å²) in [5.74, 6) is 0. The number of hydrogen-bond acceptors (Lipinski definition) is 34. The summed E-state index contributed by atoms with van der Waals surface area (Å²) in [5.41, 5.74) is 0. The molecule has 0 unspecified atom stereocenters. The lowest BCUT2D eigenvalue weighted by Crippen LogP contribution is -2.64. The number of ether oxygens (including phenoxy) is 16. The van der Waals surface area contributed by atoms with Crippen molar-refractivity contribution in [1.29, 1.82) is 0 Å². The minimum atomic E-state index is -1.96. The van der Waals surface area contributed by atoms with Gasteiger partial charge in [-0.3, -0.25) is 0 Å². The van der Waals surface area contributed by atoms with E-state index < -0.39 is 262 Å². The Morgan fingerprint density at radius 3 is 0.561 bits per heavy atom. The monoisotopic (exact) mass is 1200 g/mol. The van der Waals surface area contributed by atoms with Gasteiger partial charge in [0.25, 0.3) is 0 Å². The molecule has 0 aromatic carbocycles. The standard InChI is InChI=1S/C48H80O34/c49-7-27-21-1-15(57)41(73-27)69-23-5-19(61)45(77-29(23)9-51)81-39-33(13-55)80-48(38(66)36(39)64)72-26-4-18(60)44(76-32(26)12-54)68-22-2-16(58)42(74-28(22)8-50)70-24-6-20(62)46(78-30(24)10-52)82-40-34(14-56)79-47(37(65)35(40)63)71-25-3-17(59)43(67-21)75-31(25)11-53/h15-66H,1-14H2/t15-,16-,17-,18-,19-,20-,21-,22-,23-,24-,25-,26-,27+,28+,29+,30+,31+,32+,33+,34+,35+,36+,37+,38+,39+,40+,41-,42-,43-,44-,45+,46+,47-,48-/m0/s1. The number of hydrogen-bond donors (Lipinski definition) is 18. The van der Waals surface area contributed by atoms with Gasteiger partial charge in [0.2, 0.25) is 0 Å². The van der Waals surface area contributed by atoms with E-state index in [-0.39, 0.29) is 38.5 Å². The molecule has 476 valence electrons. The first-order valence-electron chi connectivity index (χ1n) is 27.5. The van der Waals surface area contributed by atoms with Crippen molar-refractivity contribution in [3.05, 3.63) is 0 Å². The van der Waals surface area contributed by atoms with Crippen molar-refractivity contribution in [2.45, 2.75) is 248 Å². The van der Waals surface area contributed by atoms with Gasteiger partial charge in [-0.15, -0.1) is 0 Å². The van der Waals surface area contributed by atoms with E-state index in [0.29, 0.717) is 0 Å². The highest BCUT2D eigenvalue weighted by Crippen LogP contribution is 2.39. The molecule has 34 nitrogen and oxygen atoms in total. The molecule has 30 aliphatic rings. The van der Waals surface area contributed by atoms with E-state index >= 15 is 0 Å². The van der Waals surface area contributed by atoms with Crippen LogP contribution in [-0.4, -0.2) is 354 Å². The topological polar surface area (TPSA) is 512 Å². The van der Waals surface area contributed by atoms with Gasteiger partial charge in [-0.1, -0.05) is 0 Å². The maximum atomic E-state index is 11.4. The summed E-state index contributed by atoms with van der Waals surface area (Å²) in [6.45, 7) is -6.31. The maximum Gasteiger partial charge on any atom is 0.187 e. The second-order valence-corrected chi connectivity index (χ2v) is 21.8. The highest BCUT2D eigenvalue weighted by atomic mass is 16.8. The van der Waals surface area contributed by atoms with E-state index in [4.69, 9.17) is 75.8 Å². The third kappa shape index (κ3) is 14.2. The minimum absolute atomic E-state index is 0.327. The Morgan fingerprint density at radius 2 is 0.366 bits per heavy atom. The SMILES string of the molecule is OC[C@H]1O[C@@H]2O[C@H]3C[C@H](O)[C@@H](O[C@H]4C[C@H](O)[C@@H](O[C@H]5C[C@H](O)[C@@H](O[C@H]6[C@H](O)[C@@H](O)[C@@H](O[C@H]7C[C@H](O)[C@@H](O[C@H]8C[C@H](O)[C@@H](O[C@H]9C[C@H](O)[C@@H](O[C@H]1[C@H](O)[C@H]2O)O[C@@H]9CO)O[C@@H]8CO)O[C@@H]7CO)O[C@@H]6CO)O[C@@H]5CO)O[C@@H]4CO)O[C@@H]3CO. The summed E-state index contributed by atoms with van der Waals surface area (Å²) >= 11 is 0. The molecular weight excluding hydrogens is 1120 g/mol. The molecule has 0 aromatic heterocycles. The average molecular weight is 1200 g/mol. The molecule has 0 saturated carbocycles. The first-order chi connectivity index (χ1) is 39.3. The van der Waals surface area contributed by atoms with E-state index in [1.165, 1.54) is 0 Å². The molecule has 82 heavy (non-hydrogen) atoms. The van der Waals surface area contributed by atoms with E-state index in [1.54, 1.807) is 0 Å². The van der Waals surface area contributed by atoms with Gasteiger partial charge in [-0.2, -0.15) is 0 Å². The van der Waals surface area contributed by atoms with Gasteiger partial charge in [0.1, 0.15) is 122 Å². The first kappa shape index (κ1) is 65.1. The second-order valence-electron chi connectivity index (χ2n) is 21.8. The largest absolute Gasteiger partial charge is 0.394 e. The summed E-state index contributed by atoms with van der Waals surface area (Å²) in [7, 11) is 0. The van der Waals surface area contributed by atoms with Crippen LogP contribution in [0.1, 0.15) is 38.5 Å². The Kier molecular flexibility index (Phi) is 22.9. The number of aliphatic hydroxyl groups excluding tert-OH is 18. The lowest BCUT2D eigenvalue weighted by molar-refractivity contribution is -0.382. The van der Waals surface area contributed by atoms with Crippen molar-refractivity contribution in [2.24, 2.45) is 0 Å². The van der Waals surface area contributed by atoms with Gasteiger partial charge >= 0.3 is 0 Å². The van der Waals surface area contributed by atoms with Gasteiger partial charge in [-0.25, -0.2) is 0 Å². The summed E-state index contributed by atoms with van der Waals surface area (Å²) in [5, 5.41) is 196. The molecule has 0 aromatic rings. The summed E-state index contributed by atoms with van der Waals surface area (Å²) in [4.78, 5) is 0. The van der Waals surface area contributed by atoms with Gasteiger partial charge in [0.05, 0.1) is 89.5 Å². The Balaban J connectivity index is 0.925. The van der Waals surface area contributed by atoms with E-state index in [1.807, 2.05) is 0 Å². The van der Waals surface area contributed by atoms with Crippen molar-refractivity contribution in [1.82, 2.24) is 0 Å². The summed E-state index contributed by atoms with van der Waals surface area (Å²) < 4.78 is 94.4. The molecule has 30 aliphatic heterocycles. The fraction of sp³-hybridized carbons (Fsp3) is 1.00. The Labute approximate surface area is 467 Å². The van der Waals surface area contributed by atoms with Crippen LogP contribution in [0.2, 0.25) is 0 Å².